The third kappa shape index (κ3) is 6.73. The molecule has 2 amide bonds. The molecule has 7 nitrogen and oxygen atoms in total. The summed E-state index contributed by atoms with van der Waals surface area (Å²) in [6, 6.07) is 16.6. The Kier molecular flexibility index (Phi) is 7.57. The van der Waals surface area contributed by atoms with E-state index in [1.54, 1.807) is 46.2 Å². The number of benzene rings is 2. The molecule has 192 valence electrons. The highest BCUT2D eigenvalue weighted by Crippen LogP contribution is 2.26. The molecular weight excluding hydrogens is 473 g/mol. The van der Waals surface area contributed by atoms with Gasteiger partial charge in [-0.3, -0.25) is 4.79 Å². The van der Waals surface area contributed by atoms with Crippen molar-refractivity contribution in [2.45, 2.75) is 26.4 Å². The van der Waals surface area contributed by atoms with Crippen LogP contribution in [-0.4, -0.2) is 58.6 Å². The monoisotopic (exact) mass is 503 g/mol. The second-order valence-electron chi connectivity index (χ2n) is 9.72. The molecular formula is C29H30FN3O4. The smallest absolute Gasteiger partial charge is 0.410 e. The number of rotatable bonds is 5. The Bertz CT molecular complexity index is 1280. The number of amides is 2. The summed E-state index contributed by atoms with van der Waals surface area (Å²) in [7, 11) is 0. The molecule has 0 N–H and O–H groups in total. The summed E-state index contributed by atoms with van der Waals surface area (Å²) in [5.41, 5.74) is 1.94. The number of aromatic nitrogens is 1. The van der Waals surface area contributed by atoms with Gasteiger partial charge in [0.2, 0.25) is 0 Å². The number of ether oxygens (including phenoxy) is 2. The van der Waals surface area contributed by atoms with Crippen LogP contribution >= 0.6 is 0 Å². The van der Waals surface area contributed by atoms with Gasteiger partial charge < -0.3 is 19.3 Å². The van der Waals surface area contributed by atoms with Gasteiger partial charge in [0.15, 0.2) is 0 Å². The average Bonchev–Trinajstić information content (AvgIpc) is 2.89. The van der Waals surface area contributed by atoms with Gasteiger partial charge in [-0.15, -0.1) is 0 Å². The summed E-state index contributed by atoms with van der Waals surface area (Å²) in [6.45, 7) is 10.9. The van der Waals surface area contributed by atoms with Gasteiger partial charge in [-0.2, -0.15) is 0 Å². The lowest BCUT2D eigenvalue weighted by Gasteiger charge is -2.35. The molecule has 2 heterocycles. The van der Waals surface area contributed by atoms with Crippen molar-refractivity contribution in [3.05, 3.63) is 84.3 Å². The van der Waals surface area contributed by atoms with Crippen molar-refractivity contribution in [3.63, 3.8) is 0 Å². The molecule has 2 aromatic carbocycles. The van der Waals surface area contributed by atoms with Gasteiger partial charge in [0.25, 0.3) is 5.91 Å². The number of piperazine rings is 1. The van der Waals surface area contributed by atoms with Crippen LogP contribution in [0.3, 0.4) is 0 Å². The Morgan fingerprint density at radius 2 is 1.49 bits per heavy atom. The number of nitrogens with zero attached hydrogens (tertiary/aromatic N) is 3. The summed E-state index contributed by atoms with van der Waals surface area (Å²) in [5, 5.41) is 0. The molecule has 0 unspecified atom stereocenters. The van der Waals surface area contributed by atoms with Crippen LogP contribution in [0.5, 0.6) is 11.5 Å². The summed E-state index contributed by atoms with van der Waals surface area (Å²) in [4.78, 5) is 33.6. The quantitative estimate of drug-likeness (QED) is 0.426. The number of carbonyl (C=O) groups is 2. The second-order valence-corrected chi connectivity index (χ2v) is 9.72. The number of hydrogen-bond donors (Lipinski definition) is 0. The van der Waals surface area contributed by atoms with Gasteiger partial charge in [-0.25, -0.2) is 14.2 Å². The normalized spacial score (nSPS) is 13.7. The minimum atomic E-state index is -0.569. The molecule has 0 spiro atoms. The van der Waals surface area contributed by atoms with Crippen LogP contribution < -0.4 is 4.74 Å². The predicted octanol–water partition coefficient (Wildman–Crippen LogP) is 6.02. The Balaban J connectivity index is 1.46. The first-order valence-corrected chi connectivity index (χ1v) is 12.1. The van der Waals surface area contributed by atoms with Gasteiger partial charge in [0.1, 0.15) is 28.6 Å². The molecule has 8 heteroatoms. The lowest BCUT2D eigenvalue weighted by atomic mass is 10.1. The largest absolute Gasteiger partial charge is 0.457 e. The molecule has 1 aliphatic rings. The van der Waals surface area contributed by atoms with E-state index in [2.05, 4.69) is 11.6 Å². The Morgan fingerprint density at radius 3 is 2.05 bits per heavy atom. The lowest BCUT2D eigenvalue weighted by molar-refractivity contribution is 0.0140. The Hall–Kier alpha value is -4.20. The van der Waals surface area contributed by atoms with Crippen molar-refractivity contribution in [3.8, 4) is 22.8 Å². The highest BCUT2D eigenvalue weighted by atomic mass is 19.1. The molecule has 0 saturated carbocycles. The van der Waals surface area contributed by atoms with Crippen molar-refractivity contribution < 1.29 is 23.5 Å². The first-order valence-electron chi connectivity index (χ1n) is 12.1. The van der Waals surface area contributed by atoms with E-state index in [1.807, 2.05) is 39.0 Å². The molecule has 0 radical (unpaired) electrons. The van der Waals surface area contributed by atoms with Gasteiger partial charge in [0.05, 0.1) is 5.69 Å². The van der Waals surface area contributed by atoms with Crippen LogP contribution in [0.25, 0.3) is 17.3 Å². The van der Waals surface area contributed by atoms with Crippen LogP contribution in [0, 0.1) is 5.82 Å². The van der Waals surface area contributed by atoms with Gasteiger partial charge in [0, 0.05) is 31.7 Å². The van der Waals surface area contributed by atoms with E-state index in [1.165, 1.54) is 12.1 Å². The molecule has 3 aromatic rings. The number of pyridine rings is 1. The van der Waals surface area contributed by atoms with Crippen molar-refractivity contribution in [1.29, 1.82) is 0 Å². The van der Waals surface area contributed by atoms with Crippen LogP contribution in [0.15, 0.2) is 67.2 Å². The Morgan fingerprint density at radius 1 is 0.919 bits per heavy atom. The number of halogens is 1. The van der Waals surface area contributed by atoms with E-state index in [4.69, 9.17) is 9.47 Å². The van der Waals surface area contributed by atoms with E-state index < -0.39 is 5.60 Å². The Labute approximate surface area is 216 Å². The maximum Gasteiger partial charge on any atom is 0.410 e. The van der Waals surface area contributed by atoms with Gasteiger partial charge in [-0.05, 0) is 87.0 Å². The van der Waals surface area contributed by atoms with E-state index in [0.29, 0.717) is 49.1 Å². The van der Waals surface area contributed by atoms with Crippen molar-refractivity contribution in [2.75, 3.05) is 26.2 Å². The molecule has 0 aliphatic carbocycles. The van der Waals surface area contributed by atoms with Crippen molar-refractivity contribution in [1.82, 2.24) is 14.8 Å². The van der Waals surface area contributed by atoms with Crippen LogP contribution in [0.2, 0.25) is 0 Å². The molecule has 37 heavy (non-hydrogen) atoms. The zero-order valence-corrected chi connectivity index (χ0v) is 21.2. The first-order chi connectivity index (χ1) is 17.6. The average molecular weight is 504 g/mol. The zero-order valence-electron chi connectivity index (χ0n) is 21.2. The highest BCUT2D eigenvalue weighted by molar-refractivity contribution is 5.93. The standard InChI is InChI=1S/C29H30FN3O4/c1-5-20-18-25(21-6-10-23(11-7-21)36-24-12-8-22(30)9-13-24)31-26(19-20)27(34)32-14-16-33(17-15-32)28(35)37-29(2,3)4/h5-13,18-19H,1,14-17H2,2-4H3. The molecule has 4 rings (SSSR count). The molecule has 1 aliphatic heterocycles. The maximum atomic E-state index is 13.3. The highest BCUT2D eigenvalue weighted by Gasteiger charge is 2.28. The van der Waals surface area contributed by atoms with Crippen LogP contribution in [0.4, 0.5) is 9.18 Å². The number of hydrogen-bond acceptors (Lipinski definition) is 5. The SMILES string of the molecule is C=Cc1cc(C(=O)N2CCN(C(=O)OC(C)(C)C)CC2)nc(-c2ccc(Oc3ccc(F)cc3)cc2)c1. The summed E-state index contributed by atoms with van der Waals surface area (Å²) >= 11 is 0. The minimum Gasteiger partial charge on any atom is -0.457 e. The molecule has 1 aromatic heterocycles. The van der Waals surface area contributed by atoms with Gasteiger partial charge in [-0.1, -0.05) is 12.7 Å². The fourth-order valence-electron chi connectivity index (χ4n) is 3.84. The summed E-state index contributed by atoms with van der Waals surface area (Å²) in [5.74, 6) is 0.589. The van der Waals surface area contributed by atoms with E-state index in [-0.39, 0.29) is 17.8 Å². The molecule has 0 atom stereocenters. The topological polar surface area (TPSA) is 72.0 Å². The zero-order chi connectivity index (χ0) is 26.6. The van der Waals surface area contributed by atoms with E-state index in [9.17, 15) is 14.0 Å². The second kappa shape index (κ2) is 10.8. The lowest BCUT2D eigenvalue weighted by Crippen LogP contribution is -2.51. The third-order valence-corrected chi connectivity index (χ3v) is 5.72. The third-order valence-electron chi connectivity index (χ3n) is 5.72. The predicted molar refractivity (Wildman–Crippen MR) is 140 cm³/mol. The van der Waals surface area contributed by atoms with Crippen LogP contribution in [0.1, 0.15) is 36.8 Å². The van der Waals surface area contributed by atoms with Crippen LogP contribution in [-0.2, 0) is 4.74 Å². The summed E-state index contributed by atoms with van der Waals surface area (Å²) < 4.78 is 24.3. The first kappa shape index (κ1) is 25.9. The fourth-order valence-corrected chi connectivity index (χ4v) is 3.84. The maximum absolute atomic E-state index is 13.3. The summed E-state index contributed by atoms with van der Waals surface area (Å²) in [6.07, 6.45) is 1.30. The minimum absolute atomic E-state index is 0.204. The number of carbonyl (C=O) groups excluding carboxylic acids is 2. The van der Waals surface area contributed by atoms with E-state index in [0.717, 1.165) is 11.1 Å². The van der Waals surface area contributed by atoms with Crippen molar-refractivity contribution >= 4 is 18.1 Å². The van der Waals surface area contributed by atoms with Gasteiger partial charge >= 0.3 is 6.09 Å². The molecule has 1 saturated heterocycles. The fraction of sp³-hybridized carbons (Fsp3) is 0.276. The van der Waals surface area contributed by atoms with E-state index >= 15 is 0 Å². The molecule has 0 bridgehead atoms. The molecule has 1 fully saturated rings. The van der Waals surface area contributed by atoms with Crippen molar-refractivity contribution in [2.24, 2.45) is 0 Å².